The number of alkyl carbamates (subject to hydrolysis) is 1. The van der Waals surface area contributed by atoms with Crippen LogP contribution in [0.3, 0.4) is 0 Å². The highest BCUT2D eigenvalue weighted by atomic mass is 16.6. The van der Waals surface area contributed by atoms with Crippen LogP contribution in [-0.4, -0.2) is 67.0 Å². The number of carbonyl (C=O) groups is 5. The van der Waals surface area contributed by atoms with Crippen LogP contribution in [0.1, 0.15) is 58.3 Å². The average Bonchev–Trinajstić information content (AvgIpc) is 3.06. The maximum Gasteiger partial charge on any atom is 0.408 e. The first-order valence-corrected chi connectivity index (χ1v) is 11.7. The van der Waals surface area contributed by atoms with Gasteiger partial charge in [0.25, 0.3) is 17.7 Å². The molecule has 2 aromatic rings. The molecular formula is C26H30N4O7. The first kappa shape index (κ1) is 27.3. The largest absolute Gasteiger partial charge is 0.444 e. The summed E-state index contributed by atoms with van der Waals surface area (Å²) in [6, 6.07) is 10.8. The zero-order valence-corrected chi connectivity index (χ0v) is 21.2. The highest BCUT2D eigenvalue weighted by Crippen LogP contribution is 2.25. The van der Waals surface area contributed by atoms with Crippen LogP contribution >= 0.6 is 0 Å². The van der Waals surface area contributed by atoms with E-state index in [0.29, 0.717) is 24.4 Å². The first-order valence-electron chi connectivity index (χ1n) is 11.7. The molecule has 0 bridgehead atoms. The Kier molecular flexibility index (Phi) is 8.61. The van der Waals surface area contributed by atoms with Crippen LogP contribution in [-0.2, 0) is 14.3 Å². The summed E-state index contributed by atoms with van der Waals surface area (Å²) in [5.74, 6) is -1.81. The zero-order valence-electron chi connectivity index (χ0n) is 21.2. The Labute approximate surface area is 214 Å². The number of amides is 5. The van der Waals surface area contributed by atoms with Gasteiger partial charge < -0.3 is 25.4 Å². The maximum atomic E-state index is 12.8. The Bertz CT molecular complexity index is 1220. The molecule has 2 aromatic carbocycles. The number of benzene rings is 2. The topological polar surface area (TPSA) is 143 Å². The highest BCUT2D eigenvalue weighted by Gasteiger charge is 2.35. The van der Waals surface area contributed by atoms with Gasteiger partial charge >= 0.3 is 6.09 Å². The number of ether oxygens (including phenoxy) is 2. The van der Waals surface area contributed by atoms with Crippen LogP contribution in [0.5, 0.6) is 0 Å². The fourth-order valence-corrected chi connectivity index (χ4v) is 3.55. The molecule has 0 unspecified atom stereocenters. The molecule has 0 radical (unpaired) electrons. The highest BCUT2D eigenvalue weighted by molar-refractivity contribution is 6.22. The van der Waals surface area contributed by atoms with Gasteiger partial charge in [0.15, 0.2) is 0 Å². The summed E-state index contributed by atoms with van der Waals surface area (Å²) in [5, 5.41) is 7.71. The second-order valence-corrected chi connectivity index (χ2v) is 9.31. The Hall–Kier alpha value is -4.25. The number of nitrogens with zero attached hydrogens (tertiary/aromatic N) is 1. The van der Waals surface area contributed by atoms with Crippen molar-refractivity contribution in [1.29, 1.82) is 0 Å². The van der Waals surface area contributed by atoms with E-state index >= 15 is 0 Å². The summed E-state index contributed by atoms with van der Waals surface area (Å²) in [4.78, 5) is 63.1. The van der Waals surface area contributed by atoms with E-state index < -0.39 is 35.3 Å². The van der Waals surface area contributed by atoms with Crippen molar-refractivity contribution in [3.05, 3.63) is 59.2 Å². The SMILES string of the molecule is COCCCN1C(=O)c2ccc(C(=O)Nc3cccc(NC(=O)CNC(=O)OC(C)(C)C)c3)cc2C1=O. The number of hydrogen-bond donors (Lipinski definition) is 3. The molecule has 11 heteroatoms. The molecule has 1 aliphatic heterocycles. The molecule has 0 atom stereocenters. The predicted octanol–water partition coefficient (Wildman–Crippen LogP) is 3.03. The molecule has 5 amide bonds. The number of carbonyl (C=O) groups excluding carboxylic acids is 5. The normalized spacial score (nSPS) is 12.7. The first-order chi connectivity index (χ1) is 17.5. The average molecular weight is 511 g/mol. The van der Waals surface area contributed by atoms with Gasteiger partial charge in [0, 0.05) is 37.2 Å². The molecular weight excluding hydrogens is 480 g/mol. The summed E-state index contributed by atoms with van der Waals surface area (Å²) < 4.78 is 10.1. The van der Waals surface area contributed by atoms with Crippen molar-refractivity contribution in [3.8, 4) is 0 Å². The van der Waals surface area contributed by atoms with Gasteiger partial charge in [0.1, 0.15) is 12.1 Å². The van der Waals surface area contributed by atoms with E-state index in [2.05, 4.69) is 16.0 Å². The zero-order chi connectivity index (χ0) is 27.2. The molecule has 3 rings (SSSR count). The molecule has 0 saturated carbocycles. The van der Waals surface area contributed by atoms with Gasteiger partial charge in [-0.25, -0.2) is 4.79 Å². The van der Waals surface area contributed by atoms with Crippen molar-refractivity contribution in [2.24, 2.45) is 0 Å². The van der Waals surface area contributed by atoms with Crippen molar-refractivity contribution in [3.63, 3.8) is 0 Å². The summed E-state index contributed by atoms with van der Waals surface area (Å²) in [6.45, 7) is 5.49. The third kappa shape index (κ3) is 7.37. The minimum absolute atomic E-state index is 0.175. The second kappa shape index (κ2) is 11.7. The van der Waals surface area contributed by atoms with Gasteiger partial charge in [0.2, 0.25) is 5.91 Å². The summed E-state index contributed by atoms with van der Waals surface area (Å²) >= 11 is 0. The molecule has 196 valence electrons. The fraction of sp³-hybridized carbons (Fsp3) is 0.346. The van der Waals surface area contributed by atoms with Crippen molar-refractivity contribution < 1.29 is 33.4 Å². The van der Waals surface area contributed by atoms with E-state index in [4.69, 9.17) is 9.47 Å². The second-order valence-electron chi connectivity index (χ2n) is 9.31. The van der Waals surface area contributed by atoms with E-state index in [0.717, 1.165) is 4.90 Å². The molecule has 0 aliphatic carbocycles. The molecule has 37 heavy (non-hydrogen) atoms. The van der Waals surface area contributed by atoms with Gasteiger partial charge in [-0.1, -0.05) is 6.07 Å². The maximum absolute atomic E-state index is 12.8. The number of rotatable bonds is 9. The van der Waals surface area contributed by atoms with Crippen molar-refractivity contribution in [1.82, 2.24) is 10.2 Å². The van der Waals surface area contributed by atoms with Crippen molar-refractivity contribution in [2.45, 2.75) is 32.8 Å². The van der Waals surface area contributed by atoms with Crippen molar-refractivity contribution >= 4 is 41.1 Å². The number of methoxy groups -OCH3 is 1. The third-order valence-electron chi connectivity index (χ3n) is 5.16. The van der Waals surface area contributed by atoms with Crippen LogP contribution in [0.4, 0.5) is 16.2 Å². The lowest BCUT2D eigenvalue weighted by Gasteiger charge is -2.19. The van der Waals surface area contributed by atoms with Crippen LogP contribution in [0.25, 0.3) is 0 Å². The minimum atomic E-state index is -0.712. The quantitative estimate of drug-likeness (QED) is 0.348. The van der Waals surface area contributed by atoms with Gasteiger partial charge in [-0.2, -0.15) is 0 Å². The van der Waals surface area contributed by atoms with E-state index in [1.54, 1.807) is 52.1 Å². The number of hydrogen-bond acceptors (Lipinski definition) is 7. The molecule has 0 aromatic heterocycles. The van der Waals surface area contributed by atoms with E-state index in [1.807, 2.05) is 0 Å². The standard InChI is InChI=1S/C26H30N4O7/c1-26(2,3)37-25(35)27-15-21(31)28-17-7-5-8-18(14-17)29-22(32)16-9-10-19-20(13-16)24(34)30(23(19)33)11-6-12-36-4/h5,7-10,13-14H,6,11-12,15H2,1-4H3,(H,27,35)(H,28,31)(H,29,32). The molecule has 11 nitrogen and oxygen atoms in total. The number of fused-ring (bicyclic) bond motifs is 1. The molecule has 3 N–H and O–H groups in total. The monoisotopic (exact) mass is 510 g/mol. The van der Waals surface area contributed by atoms with Crippen LogP contribution < -0.4 is 16.0 Å². The number of anilines is 2. The lowest BCUT2D eigenvalue weighted by Crippen LogP contribution is -2.37. The summed E-state index contributed by atoms with van der Waals surface area (Å²) in [5.41, 5.74) is 0.743. The molecule has 1 heterocycles. The number of imide groups is 1. The van der Waals surface area contributed by atoms with Crippen molar-refractivity contribution in [2.75, 3.05) is 37.4 Å². The Morgan fingerprint density at radius 1 is 0.919 bits per heavy atom. The van der Waals surface area contributed by atoms with Gasteiger partial charge in [-0.15, -0.1) is 0 Å². The Morgan fingerprint density at radius 3 is 2.27 bits per heavy atom. The lowest BCUT2D eigenvalue weighted by molar-refractivity contribution is -0.115. The van der Waals surface area contributed by atoms with E-state index in [1.165, 1.54) is 18.2 Å². The smallest absolute Gasteiger partial charge is 0.408 e. The van der Waals surface area contributed by atoms with Gasteiger partial charge in [-0.05, 0) is 63.6 Å². The van der Waals surface area contributed by atoms with Gasteiger partial charge in [0.05, 0.1) is 11.1 Å². The molecule has 1 aliphatic rings. The minimum Gasteiger partial charge on any atom is -0.444 e. The van der Waals surface area contributed by atoms with E-state index in [-0.39, 0.29) is 29.8 Å². The summed E-state index contributed by atoms with van der Waals surface area (Å²) in [6.07, 6.45) is -0.199. The van der Waals surface area contributed by atoms with Crippen LogP contribution in [0.15, 0.2) is 42.5 Å². The Balaban J connectivity index is 1.60. The summed E-state index contributed by atoms with van der Waals surface area (Å²) in [7, 11) is 1.54. The number of nitrogens with one attached hydrogen (secondary N) is 3. The van der Waals surface area contributed by atoms with Crippen LogP contribution in [0, 0.1) is 0 Å². The van der Waals surface area contributed by atoms with Crippen LogP contribution in [0.2, 0.25) is 0 Å². The fourth-order valence-electron chi connectivity index (χ4n) is 3.55. The van der Waals surface area contributed by atoms with E-state index in [9.17, 15) is 24.0 Å². The molecule has 0 saturated heterocycles. The molecule has 0 spiro atoms. The molecule has 0 fully saturated rings. The predicted molar refractivity (Wildman–Crippen MR) is 136 cm³/mol. The Morgan fingerprint density at radius 2 is 1.59 bits per heavy atom. The lowest BCUT2D eigenvalue weighted by atomic mass is 10.1. The van der Waals surface area contributed by atoms with Gasteiger partial charge in [-0.3, -0.25) is 24.1 Å². The third-order valence-corrected chi connectivity index (χ3v) is 5.16.